The van der Waals surface area contributed by atoms with Crippen LogP contribution in [0.3, 0.4) is 0 Å². The third-order valence-electron chi connectivity index (χ3n) is 9.54. The van der Waals surface area contributed by atoms with Crippen LogP contribution in [0.25, 0.3) is 0 Å². The van der Waals surface area contributed by atoms with Crippen LogP contribution in [0.15, 0.2) is 34.1 Å². The van der Waals surface area contributed by atoms with Gasteiger partial charge in [0, 0.05) is 23.7 Å². The minimum Gasteiger partial charge on any atom is -0.459 e. The second-order valence-electron chi connectivity index (χ2n) is 11.4. The number of nitrogens with zero attached hydrogens (tertiary/aromatic N) is 2. The summed E-state index contributed by atoms with van der Waals surface area (Å²) in [7, 11) is 0. The number of aliphatic hydroxyl groups excluding tert-OH is 1. The molecule has 8 nitrogen and oxygen atoms in total. The molecule has 2 N–H and O–H groups in total. The van der Waals surface area contributed by atoms with Gasteiger partial charge >= 0.3 is 5.97 Å². The summed E-state index contributed by atoms with van der Waals surface area (Å²) in [6.07, 6.45) is 8.78. The number of carbonyl (C=O) groups excluding carboxylic acids is 1. The summed E-state index contributed by atoms with van der Waals surface area (Å²) < 4.78 is 5.30. The zero-order valence-electron chi connectivity index (χ0n) is 22.5. The fourth-order valence-corrected chi connectivity index (χ4v) is 8.00. The summed E-state index contributed by atoms with van der Waals surface area (Å²) in [4.78, 5) is 22.2. The molecule has 3 fully saturated rings. The van der Waals surface area contributed by atoms with Crippen molar-refractivity contribution >= 4 is 17.4 Å². The van der Waals surface area contributed by atoms with Crippen molar-refractivity contribution in [1.82, 2.24) is 0 Å². The van der Waals surface area contributed by atoms with Crippen molar-refractivity contribution in [3.8, 4) is 0 Å². The molecule has 0 aromatic carbocycles. The minimum atomic E-state index is -1.36. The number of esters is 1. The van der Waals surface area contributed by atoms with Crippen molar-refractivity contribution in [2.75, 3.05) is 19.8 Å². The van der Waals surface area contributed by atoms with Crippen molar-refractivity contribution < 1.29 is 29.4 Å². The molecule has 8 atom stereocenters. The third kappa shape index (κ3) is 4.10. The van der Waals surface area contributed by atoms with Crippen LogP contribution in [0.5, 0.6) is 0 Å². The molecule has 0 radical (unpaired) electrons. The molecule has 0 aliphatic heterocycles. The van der Waals surface area contributed by atoms with Gasteiger partial charge in [0.2, 0.25) is 0 Å². The maximum absolute atomic E-state index is 12.4. The molecule has 0 saturated heterocycles. The normalized spacial score (nSPS) is 42.8. The number of rotatable bonds is 7. The molecule has 0 heterocycles. The number of carbonyl (C=O) groups is 1. The van der Waals surface area contributed by atoms with E-state index < -0.39 is 23.1 Å². The van der Waals surface area contributed by atoms with Crippen LogP contribution >= 0.6 is 0 Å². The molecule has 0 unspecified atom stereocenters. The third-order valence-corrected chi connectivity index (χ3v) is 9.54. The van der Waals surface area contributed by atoms with Gasteiger partial charge in [-0.2, -0.15) is 0 Å². The maximum Gasteiger partial charge on any atom is 0.303 e. The van der Waals surface area contributed by atoms with E-state index in [-0.39, 0.29) is 35.7 Å². The van der Waals surface area contributed by atoms with Crippen molar-refractivity contribution in [1.29, 1.82) is 0 Å². The predicted octanol–water partition coefficient (Wildman–Crippen LogP) is 4.02. The molecule has 36 heavy (non-hydrogen) atoms. The molecule has 0 aromatic rings. The lowest BCUT2D eigenvalue weighted by Crippen LogP contribution is -2.63. The first kappa shape index (κ1) is 26.9. The van der Waals surface area contributed by atoms with Crippen LogP contribution in [-0.2, 0) is 19.2 Å². The summed E-state index contributed by atoms with van der Waals surface area (Å²) in [5.41, 5.74) is 0.149. The fourth-order valence-electron chi connectivity index (χ4n) is 8.00. The lowest BCUT2D eigenvalue weighted by Gasteiger charge is -2.60. The topological polar surface area (TPSA) is 110 Å². The van der Waals surface area contributed by atoms with Gasteiger partial charge in [0.05, 0.1) is 6.10 Å². The van der Waals surface area contributed by atoms with E-state index in [0.29, 0.717) is 25.3 Å². The molecular weight excluding hydrogens is 460 g/mol. The van der Waals surface area contributed by atoms with Crippen LogP contribution in [-0.4, -0.2) is 59.1 Å². The second-order valence-corrected chi connectivity index (χ2v) is 11.4. The van der Waals surface area contributed by atoms with E-state index >= 15 is 0 Å². The zero-order chi connectivity index (χ0) is 26.3. The SMILES string of the molecule is CCON=C1C=C[C@@]2(C)C(=C1)CC[C@@H]1[C@@H]2[C@@H](O)C[C@@]2(C)[C@H]1C[C@@H](C)[C@]2(O)/C(COC(C)=O)=N/OCC. The van der Waals surface area contributed by atoms with Crippen LogP contribution in [0.2, 0.25) is 0 Å². The van der Waals surface area contributed by atoms with Gasteiger partial charge in [0.15, 0.2) is 0 Å². The molecule has 8 heteroatoms. The Morgan fingerprint density at radius 2 is 1.94 bits per heavy atom. The lowest BCUT2D eigenvalue weighted by molar-refractivity contribution is -0.150. The highest BCUT2D eigenvalue weighted by molar-refractivity contribution is 6.05. The van der Waals surface area contributed by atoms with Crippen molar-refractivity contribution in [3.63, 3.8) is 0 Å². The average Bonchev–Trinajstić information content (AvgIpc) is 3.03. The van der Waals surface area contributed by atoms with Gasteiger partial charge in [-0.1, -0.05) is 42.7 Å². The number of allylic oxidation sites excluding steroid dienone is 4. The number of ether oxygens (including phenoxy) is 1. The van der Waals surface area contributed by atoms with E-state index in [1.165, 1.54) is 12.5 Å². The van der Waals surface area contributed by atoms with Gasteiger partial charge < -0.3 is 24.6 Å². The highest BCUT2D eigenvalue weighted by Crippen LogP contribution is 2.68. The first-order valence-corrected chi connectivity index (χ1v) is 13.4. The Morgan fingerprint density at radius 3 is 2.61 bits per heavy atom. The number of hydrogen-bond acceptors (Lipinski definition) is 8. The Labute approximate surface area is 214 Å². The predicted molar refractivity (Wildman–Crippen MR) is 137 cm³/mol. The number of aliphatic hydroxyl groups is 2. The van der Waals surface area contributed by atoms with E-state index in [9.17, 15) is 15.0 Å². The molecule has 4 aliphatic carbocycles. The van der Waals surface area contributed by atoms with Gasteiger partial charge in [-0.15, -0.1) is 0 Å². The van der Waals surface area contributed by atoms with Gasteiger partial charge in [-0.3, -0.25) is 4.79 Å². The number of hydrogen-bond donors (Lipinski definition) is 2. The van der Waals surface area contributed by atoms with E-state index in [0.717, 1.165) is 25.0 Å². The monoisotopic (exact) mass is 502 g/mol. The molecular formula is C28H42N2O6. The van der Waals surface area contributed by atoms with Crippen LogP contribution in [0, 0.1) is 34.5 Å². The molecule has 0 amide bonds. The van der Waals surface area contributed by atoms with Gasteiger partial charge in [0.25, 0.3) is 0 Å². The van der Waals surface area contributed by atoms with E-state index in [4.69, 9.17) is 14.4 Å². The van der Waals surface area contributed by atoms with Gasteiger partial charge in [-0.25, -0.2) is 0 Å². The molecule has 0 aromatic heterocycles. The number of fused-ring (bicyclic) bond motifs is 5. The van der Waals surface area contributed by atoms with Gasteiger partial charge in [-0.05, 0) is 69.4 Å². The highest BCUT2D eigenvalue weighted by Gasteiger charge is 2.70. The summed E-state index contributed by atoms with van der Waals surface area (Å²) in [6.45, 7) is 12.2. The molecule has 4 aliphatic rings. The number of oxime groups is 2. The fraction of sp³-hybridized carbons (Fsp3) is 0.750. The summed E-state index contributed by atoms with van der Waals surface area (Å²) >= 11 is 0. The van der Waals surface area contributed by atoms with Crippen LogP contribution in [0.4, 0.5) is 0 Å². The van der Waals surface area contributed by atoms with E-state index in [1.54, 1.807) is 0 Å². The largest absolute Gasteiger partial charge is 0.459 e. The first-order valence-electron chi connectivity index (χ1n) is 13.4. The summed E-state index contributed by atoms with van der Waals surface area (Å²) in [5, 5.41) is 32.6. The summed E-state index contributed by atoms with van der Waals surface area (Å²) in [5.74, 6) is -0.120. The maximum atomic E-state index is 12.4. The summed E-state index contributed by atoms with van der Waals surface area (Å²) in [6, 6.07) is 0. The first-order chi connectivity index (χ1) is 17.0. The Hall–Kier alpha value is -2.19. The van der Waals surface area contributed by atoms with Crippen LogP contribution in [0.1, 0.15) is 67.2 Å². The van der Waals surface area contributed by atoms with E-state index in [2.05, 4.69) is 36.3 Å². The van der Waals surface area contributed by atoms with Crippen molar-refractivity contribution in [2.24, 2.45) is 44.8 Å². The van der Waals surface area contributed by atoms with Crippen LogP contribution < -0.4 is 0 Å². The standard InChI is InChI=1S/C28H42N2O6/c1-7-35-29-20-11-12-26(5)19(14-20)9-10-21-22-13-17(3)28(33,27(22,6)15-23(32)25(21)26)24(30-36-8-2)16-34-18(4)31/h11-12,14,17,21-23,25,32-33H,7-10,13,15-16H2,1-6H3/b29-20?,30-24+/t17-,21+,22+,23+,25-,26+,27+,28+/m1/s1. The smallest absolute Gasteiger partial charge is 0.303 e. The molecule has 200 valence electrons. The average molecular weight is 503 g/mol. The molecule has 4 rings (SSSR count). The van der Waals surface area contributed by atoms with Gasteiger partial charge in [0.1, 0.15) is 36.8 Å². The Morgan fingerprint density at radius 1 is 1.22 bits per heavy atom. The molecule has 0 spiro atoms. The minimum absolute atomic E-state index is 0.0377. The second kappa shape index (κ2) is 9.93. The Bertz CT molecular complexity index is 989. The Kier molecular flexibility index (Phi) is 7.41. The van der Waals surface area contributed by atoms with Crippen molar-refractivity contribution in [3.05, 3.63) is 23.8 Å². The lowest BCUT2D eigenvalue weighted by atomic mass is 9.46. The molecule has 0 bridgehead atoms. The quantitative estimate of drug-likeness (QED) is 0.309. The highest BCUT2D eigenvalue weighted by atomic mass is 16.6. The van der Waals surface area contributed by atoms with Crippen molar-refractivity contribution in [2.45, 2.75) is 78.9 Å². The Balaban J connectivity index is 1.70. The van der Waals surface area contributed by atoms with E-state index in [1.807, 2.05) is 26.8 Å². The zero-order valence-corrected chi connectivity index (χ0v) is 22.5. The molecule has 3 saturated carbocycles.